The van der Waals surface area contributed by atoms with Crippen LogP contribution in [-0.4, -0.2) is 7.11 Å². The summed E-state index contributed by atoms with van der Waals surface area (Å²) in [5.74, 6) is 7.22. The molecule has 1 atom stereocenters. The lowest BCUT2D eigenvalue weighted by atomic mass is 10.0. The fourth-order valence-electron chi connectivity index (χ4n) is 2.71. The van der Waals surface area contributed by atoms with Crippen molar-refractivity contribution in [3.8, 4) is 34.8 Å². The van der Waals surface area contributed by atoms with Gasteiger partial charge in [0.1, 0.15) is 11.8 Å². The molecule has 0 spiro atoms. The topological polar surface area (TPSA) is 33.0 Å². The molecule has 3 heteroatoms. The normalized spacial score (nSPS) is 9.77. The molecule has 1 unspecified atom stereocenters. The van der Waals surface area contributed by atoms with Crippen LogP contribution in [0.25, 0.3) is 11.1 Å². The van der Waals surface area contributed by atoms with Gasteiger partial charge in [0.25, 0.3) is 0 Å². The number of nitrogens with zero attached hydrogens (tertiary/aromatic N) is 1. The third kappa shape index (κ3) is 3.94. The molecule has 3 rings (SSSR count). The van der Waals surface area contributed by atoms with Crippen LogP contribution in [0.5, 0.6) is 5.75 Å². The molecule has 2 nitrogen and oxygen atoms in total. The van der Waals surface area contributed by atoms with Crippen LogP contribution in [0.4, 0.5) is 0 Å². The van der Waals surface area contributed by atoms with Crippen molar-refractivity contribution in [1.82, 2.24) is 0 Å². The molecule has 26 heavy (non-hydrogen) atoms. The fourth-order valence-corrected chi connectivity index (χ4v) is 3.18. The highest BCUT2D eigenvalue weighted by Gasteiger charge is 2.03. The standard InChI is InChI=1S/C23H18NOP/c1-16-13-18(14-23(26)22(16)15-24)4-3-17-5-7-19(8-6-17)20-9-11-21(25-2)12-10-20/h5-14H,26H2,1-2H3. The van der Waals surface area contributed by atoms with Crippen molar-refractivity contribution < 1.29 is 4.74 Å². The Morgan fingerprint density at radius 1 is 0.846 bits per heavy atom. The Labute approximate surface area is 156 Å². The predicted molar refractivity (Wildman–Crippen MR) is 110 cm³/mol. The van der Waals surface area contributed by atoms with Crippen molar-refractivity contribution in [3.63, 3.8) is 0 Å². The molecule has 0 fully saturated rings. The van der Waals surface area contributed by atoms with Crippen molar-refractivity contribution >= 4 is 14.5 Å². The Morgan fingerprint density at radius 3 is 1.96 bits per heavy atom. The van der Waals surface area contributed by atoms with Crippen LogP contribution in [0, 0.1) is 30.1 Å². The minimum absolute atomic E-state index is 0.699. The first-order valence-electron chi connectivity index (χ1n) is 8.17. The molecule has 0 N–H and O–H groups in total. The molecule has 0 radical (unpaired) electrons. The smallest absolute Gasteiger partial charge is 0.118 e. The summed E-state index contributed by atoms with van der Waals surface area (Å²) in [7, 11) is 4.27. The molecule has 3 aromatic carbocycles. The summed E-state index contributed by atoms with van der Waals surface area (Å²) < 4.78 is 5.19. The molecule has 0 aliphatic carbocycles. The first-order valence-corrected chi connectivity index (χ1v) is 8.75. The molecule has 0 bridgehead atoms. The molecule has 3 aromatic rings. The van der Waals surface area contributed by atoms with Crippen molar-refractivity contribution in [3.05, 3.63) is 82.9 Å². The van der Waals surface area contributed by atoms with Gasteiger partial charge in [0, 0.05) is 11.1 Å². The largest absolute Gasteiger partial charge is 0.497 e. The maximum absolute atomic E-state index is 9.14. The van der Waals surface area contributed by atoms with Gasteiger partial charge in [-0.15, -0.1) is 9.24 Å². The maximum Gasteiger partial charge on any atom is 0.118 e. The van der Waals surface area contributed by atoms with Gasteiger partial charge >= 0.3 is 0 Å². The van der Waals surface area contributed by atoms with Crippen molar-refractivity contribution in [2.45, 2.75) is 6.92 Å². The van der Waals surface area contributed by atoms with E-state index in [1.54, 1.807) is 7.11 Å². The second kappa shape index (κ2) is 7.88. The first kappa shape index (κ1) is 17.8. The lowest BCUT2D eigenvalue weighted by Gasteiger charge is -2.04. The Bertz CT molecular complexity index is 1010. The fraction of sp³-hybridized carbons (Fsp3) is 0.0870. The van der Waals surface area contributed by atoms with E-state index < -0.39 is 0 Å². The third-order valence-corrected chi connectivity index (χ3v) is 4.59. The number of rotatable bonds is 2. The van der Waals surface area contributed by atoms with E-state index in [2.05, 4.69) is 39.3 Å². The van der Waals surface area contributed by atoms with Gasteiger partial charge in [0.05, 0.1) is 12.7 Å². The lowest BCUT2D eigenvalue weighted by Crippen LogP contribution is -2.01. The van der Waals surface area contributed by atoms with Gasteiger partial charge < -0.3 is 4.74 Å². The maximum atomic E-state index is 9.14. The molecule has 0 aliphatic heterocycles. The lowest BCUT2D eigenvalue weighted by molar-refractivity contribution is 0.415. The zero-order chi connectivity index (χ0) is 18.5. The Morgan fingerprint density at radius 2 is 1.42 bits per heavy atom. The van der Waals surface area contributed by atoms with Crippen LogP contribution in [0.1, 0.15) is 22.3 Å². The summed E-state index contributed by atoms with van der Waals surface area (Å²) in [5.41, 5.74) is 5.78. The molecular formula is C23H18NOP. The van der Waals surface area contributed by atoms with Gasteiger partial charge in [-0.05, 0) is 65.3 Å². The van der Waals surface area contributed by atoms with Gasteiger partial charge in [0.15, 0.2) is 0 Å². The number of benzene rings is 3. The second-order valence-corrected chi connectivity index (χ2v) is 6.55. The number of hydrogen-bond donors (Lipinski definition) is 0. The molecule has 0 aliphatic rings. The van der Waals surface area contributed by atoms with Crippen LogP contribution < -0.4 is 10.0 Å². The highest BCUT2D eigenvalue weighted by atomic mass is 31.0. The quantitative estimate of drug-likeness (QED) is 0.503. The van der Waals surface area contributed by atoms with Crippen molar-refractivity contribution in [1.29, 1.82) is 5.26 Å². The highest BCUT2D eigenvalue weighted by Crippen LogP contribution is 2.22. The number of methoxy groups -OCH3 is 1. The van der Waals surface area contributed by atoms with E-state index in [0.717, 1.165) is 38.9 Å². The molecular weight excluding hydrogens is 337 g/mol. The average Bonchev–Trinajstić information content (AvgIpc) is 2.67. The first-order chi connectivity index (χ1) is 12.6. The number of nitriles is 1. The Kier molecular flexibility index (Phi) is 5.38. The molecule has 0 amide bonds. The summed E-state index contributed by atoms with van der Waals surface area (Å²) in [6, 6.07) is 22.3. The Hall–Kier alpha value is -3.06. The van der Waals surface area contributed by atoms with E-state index in [4.69, 9.17) is 10.00 Å². The van der Waals surface area contributed by atoms with Gasteiger partial charge in [-0.2, -0.15) is 5.26 Å². The predicted octanol–water partition coefficient (Wildman–Crippen LogP) is 4.44. The summed E-state index contributed by atoms with van der Waals surface area (Å²) in [6.07, 6.45) is 0. The van der Waals surface area contributed by atoms with E-state index in [1.165, 1.54) is 0 Å². The molecule has 0 saturated heterocycles. The van der Waals surface area contributed by atoms with Gasteiger partial charge in [0.2, 0.25) is 0 Å². The van der Waals surface area contributed by atoms with E-state index in [-0.39, 0.29) is 0 Å². The molecule has 0 heterocycles. The van der Waals surface area contributed by atoms with E-state index >= 15 is 0 Å². The SMILES string of the molecule is COc1ccc(-c2ccc(C#Cc3cc(C)c(C#N)c(P)c3)cc2)cc1. The number of aryl methyl sites for hydroxylation is 1. The van der Waals surface area contributed by atoms with Crippen LogP contribution in [-0.2, 0) is 0 Å². The summed E-state index contributed by atoms with van der Waals surface area (Å²) in [6.45, 7) is 1.93. The summed E-state index contributed by atoms with van der Waals surface area (Å²) in [4.78, 5) is 0. The average molecular weight is 355 g/mol. The summed E-state index contributed by atoms with van der Waals surface area (Å²) >= 11 is 0. The van der Waals surface area contributed by atoms with Crippen LogP contribution in [0.3, 0.4) is 0 Å². The van der Waals surface area contributed by atoms with E-state index in [1.807, 2.05) is 55.5 Å². The minimum Gasteiger partial charge on any atom is -0.497 e. The zero-order valence-corrected chi connectivity index (χ0v) is 15.9. The number of hydrogen-bond acceptors (Lipinski definition) is 2. The third-order valence-electron chi connectivity index (χ3n) is 4.14. The number of ether oxygens (including phenoxy) is 1. The van der Waals surface area contributed by atoms with Crippen LogP contribution in [0.2, 0.25) is 0 Å². The summed E-state index contributed by atoms with van der Waals surface area (Å²) in [5, 5.41) is 10.0. The second-order valence-electron chi connectivity index (χ2n) is 5.93. The van der Waals surface area contributed by atoms with E-state index in [9.17, 15) is 0 Å². The van der Waals surface area contributed by atoms with Gasteiger partial charge in [-0.25, -0.2) is 0 Å². The molecule has 0 aromatic heterocycles. The van der Waals surface area contributed by atoms with Gasteiger partial charge in [-0.3, -0.25) is 0 Å². The Balaban J connectivity index is 1.82. The molecule has 0 saturated carbocycles. The zero-order valence-electron chi connectivity index (χ0n) is 14.7. The van der Waals surface area contributed by atoms with E-state index in [0.29, 0.717) is 5.56 Å². The van der Waals surface area contributed by atoms with Gasteiger partial charge in [-0.1, -0.05) is 36.1 Å². The minimum atomic E-state index is 0.699. The van der Waals surface area contributed by atoms with Crippen molar-refractivity contribution in [2.75, 3.05) is 7.11 Å². The highest BCUT2D eigenvalue weighted by molar-refractivity contribution is 7.27. The van der Waals surface area contributed by atoms with Crippen LogP contribution >= 0.6 is 9.24 Å². The monoisotopic (exact) mass is 355 g/mol. The molecule has 126 valence electrons. The van der Waals surface area contributed by atoms with Crippen LogP contribution in [0.15, 0.2) is 60.7 Å². The van der Waals surface area contributed by atoms with Crippen molar-refractivity contribution in [2.24, 2.45) is 0 Å².